The second-order valence-corrected chi connectivity index (χ2v) is 10.9. The molecule has 0 fully saturated rings. The Bertz CT molecular complexity index is 1800. The molecule has 0 aliphatic carbocycles. The number of fused-ring (bicyclic) bond motifs is 1. The van der Waals surface area contributed by atoms with Gasteiger partial charge in [-0.25, -0.2) is 13.2 Å². The van der Waals surface area contributed by atoms with Crippen LogP contribution in [-0.4, -0.2) is 29.5 Å². The SMILES string of the molecule is O=C(O)c1cnc2cc(C(F)(F)F)ccc2c1NC(c1cccnc1)S(=O)(=O)c1ccc(-c2ccccc2)cc1. The van der Waals surface area contributed by atoms with E-state index < -0.39 is 38.5 Å². The number of aromatic carboxylic acids is 1. The quantitative estimate of drug-likeness (QED) is 0.230. The zero-order valence-electron chi connectivity index (χ0n) is 20.5. The number of carbonyl (C=O) groups is 1. The molecule has 2 heterocycles. The number of nitrogens with one attached hydrogen (secondary N) is 1. The average molecular weight is 564 g/mol. The average Bonchev–Trinajstić information content (AvgIpc) is 2.95. The van der Waals surface area contributed by atoms with Crippen molar-refractivity contribution < 1.29 is 31.5 Å². The fourth-order valence-electron chi connectivity index (χ4n) is 4.29. The van der Waals surface area contributed by atoms with Crippen molar-refractivity contribution in [1.82, 2.24) is 9.97 Å². The van der Waals surface area contributed by atoms with Gasteiger partial charge in [0.05, 0.1) is 21.7 Å². The normalized spacial score (nSPS) is 12.7. The Balaban J connectivity index is 1.64. The Morgan fingerprint density at radius 1 is 0.875 bits per heavy atom. The monoisotopic (exact) mass is 563 g/mol. The van der Waals surface area contributed by atoms with Gasteiger partial charge in [0, 0.05) is 29.5 Å². The highest BCUT2D eigenvalue weighted by atomic mass is 32.2. The van der Waals surface area contributed by atoms with E-state index >= 15 is 0 Å². The minimum atomic E-state index is -4.65. The van der Waals surface area contributed by atoms with Gasteiger partial charge in [0.2, 0.25) is 9.84 Å². The van der Waals surface area contributed by atoms with Crippen LogP contribution < -0.4 is 5.32 Å². The number of rotatable bonds is 7. The van der Waals surface area contributed by atoms with E-state index in [4.69, 9.17) is 0 Å². The van der Waals surface area contributed by atoms with Crippen molar-refractivity contribution >= 4 is 32.4 Å². The Hall–Kier alpha value is -4.77. The molecule has 5 aromatic rings. The van der Waals surface area contributed by atoms with Gasteiger partial charge in [0.15, 0.2) is 5.37 Å². The smallest absolute Gasteiger partial charge is 0.416 e. The van der Waals surface area contributed by atoms with Gasteiger partial charge in [0.25, 0.3) is 0 Å². The Morgan fingerprint density at radius 2 is 1.57 bits per heavy atom. The number of alkyl halides is 3. The van der Waals surface area contributed by atoms with E-state index in [1.807, 2.05) is 30.3 Å². The van der Waals surface area contributed by atoms with Gasteiger partial charge in [-0.3, -0.25) is 9.97 Å². The number of hydrogen-bond acceptors (Lipinski definition) is 6. The Kier molecular flexibility index (Phi) is 6.99. The zero-order valence-corrected chi connectivity index (χ0v) is 21.3. The summed E-state index contributed by atoms with van der Waals surface area (Å²) in [7, 11) is -4.24. The molecular formula is C29H20F3N3O4S. The molecule has 5 rings (SSSR count). The molecule has 2 N–H and O–H groups in total. The van der Waals surface area contributed by atoms with Crippen LogP contribution in [0.2, 0.25) is 0 Å². The third-order valence-corrected chi connectivity index (χ3v) is 8.23. The second kappa shape index (κ2) is 10.4. The van der Waals surface area contributed by atoms with Crippen LogP contribution in [0.3, 0.4) is 0 Å². The molecule has 11 heteroatoms. The third-order valence-electron chi connectivity index (χ3n) is 6.29. The molecule has 3 aromatic carbocycles. The first-order valence-electron chi connectivity index (χ1n) is 11.8. The third kappa shape index (κ3) is 5.23. The number of aromatic nitrogens is 2. The largest absolute Gasteiger partial charge is 0.478 e. The lowest BCUT2D eigenvalue weighted by molar-refractivity contribution is -0.137. The van der Waals surface area contributed by atoms with Gasteiger partial charge < -0.3 is 10.4 Å². The predicted molar refractivity (Wildman–Crippen MR) is 143 cm³/mol. The van der Waals surface area contributed by atoms with Crippen molar-refractivity contribution in [3.63, 3.8) is 0 Å². The van der Waals surface area contributed by atoms with Crippen molar-refractivity contribution in [3.8, 4) is 11.1 Å². The van der Waals surface area contributed by atoms with E-state index in [-0.39, 0.29) is 27.0 Å². The number of anilines is 1. The van der Waals surface area contributed by atoms with Crippen LogP contribution in [-0.2, 0) is 16.0 Å². The lowest BCUT2D eigenvalue weighted by Gasteiger charge is -2.23. The molecule has 0 saturated carbocycles. The predicted octanol–water partition coefficient (Wildman–Crippen LogP) is 6.60. The molecule has 0 bridgehead atoms. The van der Waals surface area contributed by atoms with E-state index in [1.165, 1.54) is 36.7 Å². The fourth-order valence-corrected chi connectivity index (χ4v) is 5.85. The van der Waals surface area contributed by atoms with E-state index in [2.05, 4.69) is 15.3 Å². The number of nitrogens with zero attached hydrogens (tertiary/aromatic N) is 2. The number of halogens is 3. The Morgan fingerprint density at radius 3 is 2.20 bits per heavy atom. The second-order valence-electron chi connectivity index (χ2n) is 8.83. The van der Waals surface area contributed by atoms with Gasteiger partial charge >= 0.3 is 12.1 Å². The summed E-state index contributed by atoms with van der Waals surface area (Å²) in [4.78, 5) is 19.9. The summed E-state index contributed by atoms with van der Waals surface area (Å²) in [6, 6.07) is 21.2. The molecule has 202 valence electrons. The van der Waals surface area contributed by atoms with Crippen LogP contribution in [0.1, 0.15) is 26.9 Å². The van der Waals surface area contributed by atoms with Crippen molar-refractivity contribution in [2.75, 3.05) is 5.32 Å². The Labute approximate surface area is 226 Å². The highest BCUT2D eigenvalue weighted by molar-refractivity contribution is 7.91. The summed E-state index contributed by atoms with van der Waals surface area (Å²) < 4.78 is 67.9. The van der Waals surface area contributed by atoms with Gasteiger partial charge in [-0.1, -0.05) is 54.6 Å². The maximum atomic E-state index is 14.0. The number of sulfone groups is 1. The standard InChI is InChI=1S/C29H20F3N3O4S/c30-29(31,32)21-10-13-23-25(15-21)34-17-24(28(36)37)26(23)35-27(20-7-4-14-33-16-20)40(38,39)22-11-8-19(9-12-22)18-5-2-1-3-6-18/h1-17,27H,(H,34,35)(H,36,37). The highest BCUT2D eigenvalue weighted by Crippen LogP contribution is 2.37. The van der Waals surface area contributed by atoms with Crippen molar-refractivity contribution in [3.05, 3.63) is 120 Å². The number of carboxylic acids is 1. The van der Waals surface area contributed by atoms with Gasteiger partial charge in [-0.15, -0.1) is 0 Å². The first kappa shape index (κ1) is 26.8. The summed E-state index contributed by atoms with van der Waals surface area (Å²) in [5.41, 5.74) is 0.150. The minimum Gasteiger partial charge on any atom is -0.478 e. The summed E-state index contributed by atoms with van der Waals surface area (Å²) in [5, 5.41) is 11.1. The molecule has 2 aromatic heterocycles. The fraction of sp³-hybridized carbons (Fsp3) is 0.0690. The maximum absolute atomic E-state index is 14.0. The molecule has 40 heavy (non-hydrogen) atoms. The first-order chi connectivity index (χ1) is 19.1. The number of pyridine rings is 2. The molecule has 0 aliphatic heterocycles. The maximum Gasteiger partial charge on any atom is 0.416 e. The lowest BCUT2D eigenvalue weighted by atomic mass is 10.1. The number of hydrogen-bond donors (Lipinski definition) is 2. The summed E-state index contributed by atoms with van der Waals surface area (Å²) >= 11 is 0. The summed E-state index contributed by atoms with van der Waals surface area (Å²) in [6.07, 6.45) is -0.985. The molecular weight excluding hydrogens is 543 g/mol. The van der Waals surface area contributed by atoms with E-state index in [0.717, 1.165) is 35.5 Å². The van der Waals surface area contributed by atoms with E-state index in [0.29, 0.717) is 0 Å². The van der Waals surface area contributed by atoms with Gasteiger partial charge in [0.1, 0.15) is 5.56 Å². The molecule has 0 aliphatic rings. The molecule has 0 radical (unpaired) electrons. The molecule has 0 amide bonds. The first-order valence-corrected chi connectivity index (χ1v) is 13.4. The van der Waals surface area contributed by atoms with Crippen LogP contribution in [0.5, 0.6) is 0 Å². The van der Waals surface area contributed by atoms with Crippen molar-refractivity contribution in [2.45, 2.75) is 16.4 Å². The van der Waals surface area contributed by atoms with Gasteiger partial charge in [-0.2, -0.15) is 13.2 Å². The van der Waals surface area contributed by atoms with Gasteiger partial charge in [-0.05, 0) is 41.5 Å². The molecule has 7 nitrogen and oxygen atoms in total. The summed E-state index contributed by atoms with van der Waals surface area (Å²) in [5.74, 6) is -1.44. The highest BCUT2D eigenvalue weighted by Gasteiger charge is 2.33. The van der Waals surface area contributed by atoms with E-state index in [9.17, 15) is 31.5 Å². The van der Waals surface area contributed by atoms with Crippen LogP contribution >= 0.6 is 0 Å². The molecule has 1 atom stereocenters. The van der Waals surface area contributed by atoms with Crippen LogP contribution in [0.25, 0.3) is 22.0 Å². The summed E-state index contributed by atoms with van der Waals surface area (Å²) in [6.45, 7) is 0. The number of carboxylic acid groups (broad SMARTS) is 1. The minimum absolute atomic E-state index is 0.0106. The zero-order chi connectivity index (χ0) is 28.5. The van der Waals surface area contributed by atoms with E-state index in [1.54, 1.807) is 12.1 Å². The van der Waals surface area contributed by atoms with Crippen LogP contribution in [0, 0.1) is 0 Å². The number of benzene rings is 3. The van der Waals surface area contributed by atoms with Crippen molar-refractivity contribution in [1.29, 1.82) is 0 Å². The molecule has 1 unspecified atom stereocenters. The van der Waals surface area contributed by atoms with Crippen LogP contribution in [0.4, 0.5) is 18.9 Å². The lowest BCUT2D eigenvalue weighted by Crippen LogP contribution is -2.23. The topological polar surface area (TPSA) is 109 Å². The molecule has 0 spiro atoms. The van der Waals surface area contributed by atoms with Crippen molar-refractivity contribution in [2.24, 2.45) is 0 Å². The van der Waals surface area contributed by atoms with Crippen LogP contribution in [0.15, 0.2) is 108 Å². The molecule has 0 saturated heterocycles.